The van der Waals surface area contributed by atoms with Gasteiger partial charge in [-0.05, 0) is 38.0 Å². The highest BCUT2D eigenvalue weighted by Gasteiger charge is 2.34. The first-order valence-electron chi connectivity index (χ1n) is 12.4. The minimum atomic E-state index is -0.815. The molecular formula is C25H25F2IN8O2. The zero-order valence-electron chi connectivity index (χ0n) is 20.6. The van der Waals surface area contributed by atoms with Crippen molar-refractivity contribution in [2.45, 2.75) is 29.7 Å². The van der Waals surface area contributed by atoms with Crippen molar-refractivity contribution >= 4 is 56.8 Å². The molecule has 1 aromatic carbocycles. The lowest BCUT2D eigenvalue weighted by Gasteiger charge is -2.36. The molecular weight excluding hydrogens is 609 g/mol. The van der Waals surface area contributed by atoms with Gasteiger partial charge < -0.3 is 20.3 Å². The van der Waals surface area contributed by atoms with E-state index in [1.807, 2.05) is 24.0 Å². The van der Waals surface area contributed by atoms with Gasteiger partial charge in [-0.15, -0.1) is 5.10 Å². The molecule has 0 radical (unpaired) electrons. The van der Waals surface area contributed by atoms with Crippen molar-refractivity contribution < 1.29 is 18.3 Å². The van der Waals surface area contributed by atoms with E-state index < -0.39 is 11.6 Å². The first kappa shape index (κ1) is 25.1. The standard InChI is InChI=1S/C25H25F2IN8O2/c1-13-16(3-5-20(30-13)34-6-8-38-9-7-34)24(37)35-12-14(2-4-19(35)28)22-32-23-17-10-15(26)11-18(27)21(17)31-25(29)36(23)33-22/h3,5,10-11,14,19H,2,4,6-9,12H2,1H3,(H2,29,31)/t14-,19-/m1/s1. The molecule has 198 valence electrons. The number of likely N-dealkylation sites (tertiary alicyclic amines) is 1. The fraction of sp³-hybridized carbons (Fsp3) is 0.400. The summed E-state index contributed by atoms with van der Waals surface area (Å²) in [6, 6.07) is 5.66. The molecule has 3 aromatic heterocycles. The van der Waals surface area contributed by atoms with E-state index in [-0.39, 0.29) is 38.4 Å². The van der Waals surface area contributed by atoms with Gasteiger partial charge in [-0.1, -0.05) is 22.6 Å². The third-order valence-corrected chi connectivity index (χ3v) is 8.40. The van der Waals surface area contributed by atoms with Crippen molar-refractivity contribution in [2.75, 3.05) is 43.5 Å². The van der Waals surface area contributed by atoms with Crippen LogP contribution in [0.5, 0.6) is 0 Å². The summed E-state index contributed by atoms with van der Waals surface area (Å²) in [7, 11) is 0. The smallest absolute Gasteiger partial charge is 0.256 e. The zero-order valence-corrected chi connectivity index (χ0v) is 22.7. The summed E-state index contributed by atoms with van der Waals surface area (Å²) in [6.07, 6.45) is 1.48. The summed E-state index contributed by atoms with van der Waals surface area (Å²) in [5.41, 5.74) is 7.43. The van der Waals surface area contributed by atoms with Crippen LogP contribution in [0.15, 0.2) is 24.3 Å². The van der Waals surface area contributed by atoms with Gasteiger partial charge in [-0.3, -0.25) is 4.79 Å². The second-order valence-electron chi connectivity index (χ2n) is 9.53. The fourth-order valence-electron chi connectivity index (χ4n) is 5.10. The summed E-state index contributed by atoms with van der Waals surface area (Å²) in [6.45, 7) is 5.09. The number of piperidine rings is 1. The van der Waals surface area contributed by atoms with Gasteiger partial charge in [-0.2, -0.15) is 4.52 Å². The Morgan fingerprint density at radius 1 is 1.13 bits per heavy atom. The number of ether oxygens (including phenoxy) is 1. The number of amides is 1. The van der Waals surface area contributed by atoms with E-state index in [1.54, 1.807) is 0 Å². The van der Waals surface area contributed by atoms with Crippen LogP contribution >= 0.6 is 22.6 Å². The Balaban J connectivity index is 1.29. The number of hydrogen-bond acceptors (Lipinski definition) is 8. The quantitative estimate of drug-likeness (QED) is 0.207. The van der Waals surface area contributed by atoms with Crippen molar-refractivity contribution in [3.63, 3.8) is 0 Å². The molecule has 5 heterocycles. The summed E-state index contributed by atoms with van der Waals surface area (Å²) in [5.74, 6) is -0.595. The minimum Gasteiger partial charge on any atom is -0.378 e. The van der Waals surface area contributed by atoms with E-state index in [0.717, 1.165) is 37.8 Å². The van der Waals surface area contributed by atoms with Crippen LogP contribution in [0, 0.1) is 18.6 Å². The molecule has 0 bridgehead atoms. The lowest BCUT2D eigenvalue weighted by Crippen LogP contribution is -2.44. The van der Waals surface area contributed by atoms with E-state index in [1.165, 1.54) is 10.6 Å². The van der Waals surface area contributed by atoms with Crippen molar-refractivity contribution in [3.8, 4) is 0 Å². The van der Waals surface area contributed by atoms with Crippen LogP contribution in [0.2, 0.25) is 0 Å². The van der Waals surface area contributed by atoms with Crippen molar-refractivity contribution in [1.29, 1.82) is 0 Å². The van der Waals surface area contributed by atoms with Crippen LogP contribution < -0.4 is 10.6 Å². The number of aromatic nitrogens is 5. The van der Waals surface area contributed by atoms with Gasteiger partial charge in [0.2, 0.25) is 5.95 Å². The largest absolute Gasteiger partial charge is 0.378 e. The highest BCUT2D eigenvalue weighted by molar-refractivity contribution is 14.1. The van der Waals surface area contributed by atoms with E-state index in [2.05, 4.69) is 42.6 Å². The van der Waals surface area contributed by atoms with Gasteiger partial charge in [0.1, 0.15) is 17.2 Å². The number of hydrogen-bond donors (Lipinski definition) is 1. The van der Waals surface area contributed by atoms with Crippen molar-refractivity contribution in [1.82, 2.24) is 29.5 Å². The molecule has 2 aliphatic rings. The summed E-state index contributed by atoms with van der Waals surface area (Å²) >= 11 is 2.29. The van der Waals surface area contributed by atoms with Gasteiger partial charge in [0.05, 0.1) is 33.9 Å². The number of carbonyl (C=O) groups excluding carboxylic acids is 1. The average Bonchev–Trinajstić information content (AvgIpc) is 3.37. The van der Waals surface area contributed by atoms with E-state index in [4.69, 9.17) is 15.5 Å². The van der Waals surface area contributed by atoms with Crippen LogP contribution in [-0.4, -0.2) is 72.3 Å². The third-order valence-electron chi connectivity index (χ3n) is 7.11. The van der Waals surface area contributed by atoms with Crippen LogP contribution in [0.4, 0.5) is 20.5 Å². The minimum absolute atomic E-state index is 0.0116. The van der Waals surface area contributed by atoms with Crippen LogP contribution in [0.1, 0.15) is 40.6 Å². The average molecular weight is 634 g/mol. The molecule has 6 rings (SSSR count). The monoisotopic (exact) mass is 634 g/mol. The van der Waals surface area contributed by atoms with Gasteiger partial charge in [0.15, 0.2) is 17.3 Å². The Morgan fingerprint density at radius 3 is 2.68 bits per heavy atom. The Labute approximate surface area is 230 Å². The molecule has 4 aromatic rings. The lowest BCUT2D eigenvalue weighted by molar-refractivity contribution is 0.0687. The number of nitrogens with two attached hydrogens (primary N) is 1. The number of alkyl halides is 1. The molecule has 0 unspecified atom stereocenters. The molecule has 1 amide bonds. The van der Waals surface area contributed by atoms with E-state index in [9.17, 15) is 13.6 Å². The first-order valence-corrected chi connectivity index (χ1v) is 13.6. The first-order chi connectivity index (χ1) is 18.3. The molecule has 38 heavy (non-hydrogen) atoms. The molecule has 10 nitrogen and oxygen atoms in total. The topological polar surface area (TPSA) is 115 Å². The molecule has 2 N–H and O–H groups in total. The number of aryl methyl sites for hydroxylation is 1. The number of fused-ring (bicyclic) bond motifs is 3. The number of morpholine rings is 1. The molecule has 13 heteroatoms. The zero-order chi connectivity index (χ0) is 26.6. The molecule has 2 atom stereocenters. The molecule has 2 aliphatic heterocycles. The molecule has 2 fully saturated rings. The SMILES string of the molecule is Cc1nc(N2CCOCC2)ccc1C(=O)N1C[C@H](c2nc3c4cc(F)cc(F)c4nc(N)n3n2)CC[C@@H]1I. The maximum absolute atomic E-state index is 14.4. The van der Waals surface area contributed by atoms with Crippen LogP contribution in [-0.2, 0) is 4.74 Å². The maximum atomic E-state index is 14.4. The Bertz CT molecular complexity index is 1560. The van der Waals surface area contributed by atoms with Crippen LogP contribution in [0.25, 0.3) is 16.6 Å². The van der Waals surface area contributed by atoms with Gasteiger partial charge >= 0.3 is 0 Å². The van der Waals surface area contributed by atoms with Crippen LogP contribution in [0.3, 0.4) is 0 Å². The second-order valence-corrected chi connectivity index (χ2v) is 11.0. The highest BCUT2D eigenvalue weighted by atomic mass is 127. The van der Waals surface area contributed by atoms with E-state index >= 15 is 0 Å². The van der Waals surface area contributed by atoms with E-state index in [0.29, 0.717) is 36.8 Å². The fourth-order valence-corrected chi connectivity index (χ4v) is 5.94. The second kappa shape index (κ2) is 9.84. The predicted molar refractivity (Wildman–Crippen MR) is 145 cm³/mol. The molecule has 0 spiro atoms. The van der Waals surface area contributed by atoms with Gasteiger partial charge in [0.25, 0.3) is 5.91 Å². The molecule has 0 aliphatic carbocycles. The number of halogens is 3. The third kappa shape index (κ3) is 4.40. The lowest BCUT2D eigenvalue weighted by atomic mass is 9.96. The normalized spacial score (nSPS) is 20.4. The molecule has 2 saturated heterocycles. The highest BCUT2D eigenvalue weighted by Crippen LogP contribution is 2.34. The van der Waals surface area contributed by atoms with Crippen molar-refractivity contribution in [3.05, 3.63) is 53.0 Å². The number of rotatable bonds is 3. The predicted octanol–water partition coefficient (Wildman–Crippen LogP) is 3.46. The van der Waals surface area contributed by atoms with Gasteiger partial charge in [0, 0.05) is 31.6 Å². The summed E-state index contributed by atoms with van der Waals surface area (Å²) in [5, 5.41) is 4.71. The Morgan fingerprint density at radius 2 is 1.92 bits per heavy atom. The number of anilines is 2. The Hall–Kier alpha value is -3.20. The number of nitrogen functional groups attached to an aromatic ring is 1. The Kier molecular flexibility index (Phi) is 6.50. The van der Waals surface area contributed by atoms with Crippen molar-refractivity contribution in [2.24, 2.45) is 0 Å². The number of pyridine rings is 1. The number of nitrogens with zero attached hydrogens (tertiary/aromatic N) is 7. The summed E-state index contributed by atoms with van der Waals surface area (Å²) in [4.78, 5) is 31.0. The number of benzene rings is 1. The molecule has 0 saturated carbocycles. The maximum Gasteiger partial charge on any atom is 0.256 e. The summed E-state index contributed by atoms with van der Waals surface area (Å²) < 4.78 is 35.0. The van der Waals surface area contributed by atoms with Gasteiger partial charge in [-0.25, -0.2) is 23.7 Å². The number of carbonyl (C=O) groups is 1.